The number of ketones is 2. The SMILES string of the molecule is CC(=O)C1=Cc2cc(NCc3cccc(CC(=O)c4ccc(CN5CC[C@H](N(C)C)C5)c(C(F)(F)F)c4)c3)cnc2C1. The number of carbonyl (C=O) groups excluding carboxylic acids is 2. The number of benzene rings is 2. The molecule has 0 saturated carbocycles. The summed E-state index contributed by atoms with van der Waals surface area (Å²) in [7, 11) is 3.97. The van der Waals surface area contributed by atoms with Crippen molar-refractivity contribution < 1.29 is 22.8 Å². The standard InChI is InChI=1S/C33H35F3N4O2/c1-21(41)26-13-27-14-28(18-38-31(27)16-26)37-17-23-6-4-5-22(11-23)12-32(42)24-7-8-25(30(15-24)33(34,35)36)19-40-10-9-29(20-40)39(2)3/h4-8,11,13-15,18,29,37H,9-10,12,16-17,19-20H2,1-3H3/t29-/m0/s1. The van der Waals surface area contributed by atoms with Crippen LogP contribution in [-0.2, 0) is 36.9 Å². The third kappa shape index (κ3) is 6.97. The molecule has 2 heterocycles. The van der Waals surface area contributed by atoms with Crippen molar-refractivity contribution in [2.75, 3.05) is 32.5 Å². The van der Waals surface area contributed by atoms with Crippen LogP contribution in [0.25, 0.3) is 6.08 Å². The first kappa shape index (κ1) is 29.7. The fourth-order valence-electron chi connectivity index (χ4n) is 5.64. The number of likely N-dealkylation sites (tertiary alicyclic amines) is 1. The number of alkyl halides is 3. The van der Waals surface area contributed by atoms with Gasteiger partial charge in [0, 0.05) is 56.2 Å². The Morgan fingerprint density at radius 1 is 1.10 bits per heavy atom. The molecule has 2 aromatic carbocycles. The molecule has 1 fully saturated rings. The van der Waals surface area contributed by atoms with Crippen molar-refractivity contribution >= 4 is 23.3 Å². The lowest BCUT2D eigenvalue weighted by Gasteiger charge is -2.22. The number of likely N-dealkylation sites (N-methyl/N-ethyl adjacent to an activating group) is 1. The molecular weight excluding hydrogens is 541 g/mol. The summed E-state index contributed by atoms with van der Waals surface area (Å²) in [6.45, 7) is 3.69. The predicted octanol–water partition coefficient (Wildman–Crippen LogP) is 5.80. The molecule has 0 bridgehead atoms. The number of anilines is 1. The molecule has 0 unspecified atom stereocenters. The number of hydrogen-bond acceptors (Lipinski definition) is 6. The lowest BCUT2D eigenvalue weighted by Crippen LogP contribution is -2.31. The number of pyridine rings is 1. The van der Waals surface area contributed by atoms with Gasteiger partial charge in [0.15, 0.2) is 11.6 Å². The van der Waals surface area contributed by atoms with Crippen LogP contribution in [-0.4, -0.2) is 59.6 Å². The van der Waals surface area contributed by atoms with E-state index in [-0.39, 0.29) is 35.7 Å². The van der Waals surface area contributed by atoms with Crippen molar-refractivity contribution in [3.63, 3.8) is 0 Å². The van der Waals surface area contributed by atoms with E-state index < -0.39 is 11.7 Å². The third-order valence-electron chi connectivity index (χ3n) is 8.11. The Balaban J connectivity index is 1.24. The predicted molar refractivity (Wildman–Crippen MR) is 157 cm³/mol. The maximum Gasteiger partial charge on any atom is 0.416 e. The monoisotopic (exact) mass is 576 g/mol. The number of hydrogen-bond donors (Lipinski definition) is 1. The molecule has 1 N–H and O–H groups in total. The molecule has 3 aromatic rings. The number of carbonyl (C=O) groups is 2. The second kappa shape index (κ2) is 12.2. The summed E-state index contributed by atoms with van der Waals surface area (Å²) in [4.78, 5) is 33.4. The molecule has 1 atom stereocenters. The molecule has 5 rings (SSSR count). The van der Waals surface area contributed by atoms with Gasteiger partial charge >= 0.3 is 6.18 Å². The fraction of sp³-hybridized carbons (Fsp3) is 0.364. The number of allylic oxidation sites excluding steroid dienone is 1. The highest BCUT2D eigenvalue weighted by atomic mass is 19.4. The highest BCUT2D eigenvalue weighted by Gasteiger charge is 2.35. The Morgan fingerprint density at radius 3 is 2.60 bits per heavy atom. The van der Waals surface area contributed by atoms with Gasteiger partial charge < -0.3 is 10.2 Å². The number of rotatable bonds is 10. The van der Waals surface area contributed by atoms with E-state index in [1.54, 1.807) is 19.2 Å². The Labute approximate surface area is 244 Å². The molecule has 1 saturated heterocycles. The van der Waals surface area contributed by atoms with E-state index in [1.807, 2.05) is 49.3 Å². The van der Waals surface area contributed by atoms with Gasteiger partial charge in [0.1, 0.15) is 0 Å². The van der Waals surface area contributed by atoms with Crippen molar-refractivity contribution in [3.8, 4) is 0 Å². The third-order valence-corrected chi connectivity index (χ3v) is 8.11. The van der Waals surface area contributed by atoms with Crippen LogP contribution in [0.3, 0.4) is 0 Å². The second-order valence-corrected chi connectivity index (χ2v) is 11.4. The Morgan fingerprint density at radius 2 is 1.88 bits per heavy atom. The van der Waals surface area contributed by atoms with Crippen molar-refractivity contribution in [2.45, 2.75) is 51.5 Å². The van der Waals surface area contributed by atoms with Crippen LogP contribution in [0.15, 0.2) is 60.3 Å². The van der Waals surface area contributed by atoms with Gasteiger partial charge in [0.25, 0.3) is 0 Å². The average molecular weight is 577 g/mol. The topological polar surface area (TPSA) is 65.5 Å². The van der Waals surface area contributed by atoms with Crippen LogP contribution < -0.4 is 5.32 Å². The Kier molecular flexibility index (Phi) is 8.61. The van der Waals surface area contributed by atoms with Gasteiger partial charge in [0.2, 0.25) is 0 Å². The van der Waals surface area contributed by atoms with Crippen molar-refractivity contribution in [1.82, 2.24) is 14.8 Å². The minimum atomic E-state index is -4.55. The molecule has 6 nitrogen and oxygen atoms in total. The smallest absolute Gasteiger partial charge is 0.380 e. The second-order valence-electron chi connectivity index (χ2n) is 11.4. The van der Waals surface area contributed by atoms with Crippen molar-refractivity contribution in [1.29, 1.82) is 0 Å². The summed E-state index contributed by atoms with van der Waals surface area (Å²) in [5.74, 6) is -0.318. The van der Waals surface area contributed by atoms with Gasteiger partial charge in [-0.25, -0.2) is 0 Å². The Hall–Kier alpha value is -3.82. The lowest BCUT2D eigenvalue weighted by molar-refractivity contribution is -0.138. The molecule has 2 aliphatic rings. The number of nitrogens with one attached hydrogen (secondary N) is 1. The molecule has 0 amide bonds. The van der Waals surface area contributed by atoms with Gasteiger partial charge in [-0.2, -0.15) is 13.2 Å². The minimum Gasteiger partial charge on any atom is -0.380 e. The summed E-state index contributed by atoms with van der Waals surface area (Å²) >= 11 is 0. The summed E-state index contributed by atoms with van der Waals surface area (Å²) in [5.41, 5.74) is 4.52. The minimum absolute atomic E-state index is 0.000141. The molecule has 1 aliphatic heterocycles. The molecule has 0 spiro atoms. The number of nitrogens with zero attached hydrogens (tertiary/aromatic N) is 3. The van der Waals surface area contributed by atoms with E-state index >= 15 is 0 Å². The summed E-state index contributed by atoms with van der Waals surface area (Å²) < 4.78 is 42.1. The van der Waals surface area contributed by atoms with Crippen LogP contribution >= 0.6 is 0 Å². The van der Waals surface area contributed by atoms with E-state index in [2.05, 4.69) is 15.2 Å². The van der Waals surface area contributed by atoms with Gasteiger partial charge in [-0.05, 0) is 67.9 Å². The zero-order valence-electron chi connectivity index (χ0n) is 24.1. The molecule has 1 aromatic heterocycles. The van der Waals surface area contributed by atoms with Crippen LogP contribution in [0.1, 0.15) is 57.2 Å². The molecule has 42 heavy (non-hydrogen) atoms. The Bertz CT molecular complexity index is 1530. The summed E-state index contributed by atoms with van der Waals surface area (Å²) in [5, 5.41) is 3.32. The zero-order valence-corrected chi connectivity index (χ0v) is 24.1. The van der Waals surface area contributed by atoms with E-state index in [0.717, 1.165) is 59.2 Å². The largest absolute Gasteiger partial charge is 0.416 e. The van der Waals surface area contributed by atoms with E-state index in [9.17, 15) is 22.8 Å². The lowest BCUT2D eigenvalue weighted by atomic mass is 9.97. The number of halogens is 3. The molecule has 0 radical (unpaired) electrons. The van der Waals surface area contributed by atoms with Crippen molar-refractivity contribution in [3.05, 3.63) is 99.4 Å². The van der Waals surface area contributed by atoms with Gasteiger partial charge in [-0.1, -0.05) is 36.4 Å². The van der Waals surface area contributed by atoms with Crippen LogP contribution in [0.2, 0.25) is 0 Å². The highest BCUT2D eigenvalue weighted by molar-refractivity contribution is 6.00. The first-order valence-corrected chi connectivity index (χ1v) is 14.1. The highest BCUT2D eigenvalue weighted by Crippen LogP contribution is 2.34. The van der Waals surface area contributed by atoms with E-state index in [1.165, 1.54) is 12.1 Å². The van der Waals surface area contributed by atoms with E-state index in [4.69, 9.17) is 0 Å². The first-order chi connectivity index (χ1) is 20.0. The number of aromatic nitrogens is 1. The van der Waals surface area contributed by atoms with Gasteiger partial charge in [0.05, 0.1) is 23.1 Å². The normalized spacial score (nSPS) is 16.9. The fourth-order valence-corrected chi connectivity index (χ4v) is 5.64. The number of fused-ring (bicyclic) bond motifs is 1. The first-order valence-electron chi connectivity index (χ1n) is 14.1. The summed E-state index contributed by atoms with van der Waals surface area (Å²) in [6, 6.07) is 13.7. The maximum absolute atomic E-state index is 14.0. The molecule has 1 aliphatic carbocycles. The van der Waals surface area contributed by atoms with Crippen LogP contribution in [0.5, 0.6) is 0 Å². The molecule has 220 valence electrons. The molecular formula is C33H35F3N4O2. The van der Waals surface area contributed by atoms with Crippen LogP contribution in [0.4, 0.5) is 18.9 Å². The van der Waals surface area contributed by atoms with Crippen LogP contribution in [0, 0.1) is 0 Å². The number of Topliss-reactive ketones (excluding diaryl/α,β-unsaturated/α-hetero) is 2. The van der Waals surface area contributed by atoms with E-state index in [0.29, 0.717) is 19.0 Å². The van der Waals surface area contributed by atoms with Gasteiger partial charge in [-0.3, -0.25) is 19.5 Å². The van der Waals surface area contributed by atoms with Crippen molar-refractivity contribution in [2.24, 2.45) is 0 Å². The molecule has 9 heteroatoms. The quantitative estimate of drug-likeness (QED) is 0.308. The maximum atomic E-state index is 14.0. The average Bonchev–Trinajstić information content (AvgIpc) is 3.59. The zero-order chi connectivity index (χ0) is 30.0. The summed E-state index contributed by atoms with van der Waals surface area (Å²) in [6.07, 6.45) is 0.516. The van der Waals surface area contributed by atoms with Gasteiger partial charge in [-0.15, -0.1) is 0 Å².